The lowest BCUT2D eigenvalue weighted by atomic mass is 10.0. The molecule has 0 saturated carbocycles. The second-order valence-electron chi connectivity index (χ2n) is 3.79. The maximum Gasteiger partial charge on any atom is 0.137 e. The third-order valence-electron chi connectivity index (χ3n) is 2.40. The molecule has 0 aliphatic rings. The Morgan fingerprint density at radius 2 is 2.14 bits per heavy atom. The topological polar surface area (TPSA) is 33.4 Å². The fraction of sp³-hybridized carbons (Fsp3) is 0.333. The summed E-state index contributed by atoms with van der Waals surface area (Å²) in [4.78, 5) is 0. The molecular formula is C12H14O2. The fourth-order valence-corrected chi connectivity index (χ4v) is 1.67. The number of fused-ring (bicyclic) bond motifs is 1. The summed E-state index contributed by atoms with van der Waals surface area (Å²) in [5, 5.41) is 10.0. The van der Waals surface area contributed by atoms with Gasteiger partial charge in [0, 0.05) is 5.39 Å². The van der Waals surface area contributed by atoms with E-state index in [1.165, 1.54) is 5.56 Å². The van der Waals surface area contributed by atoms with Gasteiger partial charge in [-0.15, -0.1) is 0 Å². The van der Waals surface area contributed by atoms with Crippen LogP contribution in [0.25, 0.3) is 11.0 Å². The minimum atomic E-state index is -0.0355. The highest BCUT2D eigenvalue weighted by atomic mass is 16.4. The monoisotopic (exact) mass is 190 g/mol. The van der Waals surface area contributed by atoms with Crippen molar-refractivity contribution in [3.63, 3.8) is 0 Å². The molecule has 1 N–H and O–H groups in total. The van der Waals surface area contributed by atoms with Crippen molar-refractivity contribution in [3.05, 3.63) is 35.6 Å². The van der Waals surface area contributed by atoms with Crippen molar-refractivity contribution in [1.82, 2.24) is 0 Å². The Balaban J connectivity index is 2.66. The molecule has 2 aromatic rings. The Labute approximate surface area is 83.2 Å². The first-order valence-corrected chi connectivity index (χ1v) is 4.84. The zero-order valence-electron chi connectivity index (χ0n) is 8.45. The number of hydrogen-bond donors (Lipinski definition) is 1. The summed E-state index contributed by atoms with van der Waals surface area (Å²) in [6.07, 6.45) is 0. The summed E-state index contributed by atoms with van der Waals surface area (Å²) in [6, 6.07) is 7.98. The summed E-state index contributed by atoms with van der Waals surface area (Å²) in [5.41, 5.74) is 2.11. The third kappa shape index (κ3) is 1.42. The molecule has 0 amide bonds. The average molecular weight is 190 g/mol. The zero-order valence-corrected chi connectivity index (χ0v) is 8.45. The van der Waals surface area contributed by atoms with Gasteiger partial charge in [-0.2, -0.15) is 0 Å². The van der Waals surface area contributed by atoms with Gasteiger partial charge in [-0.3, -0.25) is 0 Å². The smallest absolute Gasteiger partial charge is 0.137 e. The van der Waals surface area contributed by atoms with Crippen molar-refractivity contribution < 1.29 is 9.52 Å². The molecule has 0 fully saturated rings. The lowest BCUT2D eigenvalue weighted by Crippen LogP contribution is -1.86. The Hall–Kier alpha value is -1.28. The van der Waals surface area contributed by atoms with E-state index < -0.39 is 0 Å². The number of furan rings is 1. The molecular weight excluding hydrogens is 176 g/mol. The summed E-state index contributed by atoms with van der Waals surface area (Å²) in [5.74, 6) is 1.07. The van der Waals surface area contributed by atoms with Crippen molar-refractivity contribution in [3.8, 4) is 0 Å². The number of para-hydroxylation sites is 1. The van der Waals surface area contributed by atoms with E-state index in [1.807, 2.05) is 18.2 Å². The Bertz CT molecular complexity index is 441. The molecule has 0 aliphatic carbocycles. The molecule has 0 saturated heterocycles. The molecule has 1 aromatic carbocycles. The number of rotatable bonds is 2. The Morgan fingerprint density at radius 3 is 2.79 bits per heavy atom. The van der Waals surface area contributed by atoms with Crippen molar-refractivity contribution in [2.75, 3.05) is 0 Å². The standard InChI is InChI=1S/C12H14O2/c1-8(2)11-5-3-4-9-6-10(7-13)14-12(9)11/h3-6,8,13H,7H2,1-2H3. The highest BCUT2D eigenvalue weighted by Crippen LogP contribution is 2.27. The van der Waals surface area contributed by atoms with Gasteiger partial charge in [0.25, 0.3) is 0 Å². The van der Waals surface area contributed by atoms with Gasteiger partial charge in [0.05, 0.1) is 0 Å². The van der Waals surface area contributed by atoms with E-state index in [0.717, 1.165) is 11.0 Å². The zero-order chi connectivity index (χ0) is 10.1. The number of aliphatic hydroxyl groups is 1. The summed E-state index contributed by atoms with van der Waals surface area (Å²) in [7, 11) is 0. The second-order valence-corrected chi connectivity index (χ2v) is 3.79. The molecule has 1 aromatic heterocycles. The highest BCUT2D eigenvalue weighted by Gasteiger charge is 2.09. The van der Waals surface area contributed by atoms with Gasteiger partial charge in [0.15, 0.2) is 0 Å². The molecule has 74 valence electrons. The van der Waals surface area contributed by atoms with E-state index in [1.54, 1.807) is 0 Å². The van der Waals surface area contributed by atoms with E-state index in [4.69, 9.17) is 9.52 Å². The van der Waals surface area contributed by atoms with Crippen LogP contribution in [0.1, 0.15) is 31.1 Å². The quantitative estimate of drug-likeness (QED) is 0.789. The van der Waals surface area contributed by atoms with E-state index in [9.17, 15) is 0 Å². The van der Waals surface area contributed by atoms with Gasteiger partial charge in [0.2, 0.25) is 0 Å². The van der Waals surface area contributed by atoms with Crippen LogP contribution < -0.4 is 0 Å². The summed E-state index contributed by atoms with van der Waals surface area (Å²) in [6.45, 7) is 4.23. The van der Waals surface area contributed by atoms with Crippen molar-refractivity contribution >= 4 is 11.0 Å². The first-order valence-electron chi connectivity index (χ1n) is 4.84. The molecule has 2 nitrogen and oxygen atoms in total. The predicted molar refractivity (Wildman–Crippen MR) is 56.2 cm³/mol. The molecule has 0 atom stereocenters. The van der Waals surface area contributed by atoms with Crippen LogP contribution in [0, 0.1) is 0 Å². The number of benzene rings is 1. The van der Waals surface area contributed by atoms with Crippen LogP contribution in [-0.4, -0.2) is 5.11 Å². The van der Waals surface area contributed by atoms with Gasteiger partial charge >= 0.3 is 0 Å². The predicted octanol–water partition coefficient (Wildman–Crippen LogP) is 3.05. The van der Waals surface area contributed by atoms with Crippen LogP contribution in [-0.2, 0) is 6.61 Å². The first-order chi connectivity index (χ1) is 6.72. The molecule has 0 radical (unpaired) electrons. The molecule has 0 spiro atoms. The van der Waals surface area contributed by atoms with Gasteiger partial charge in [-0.1, -0.05) is 32.0 Å². The summed E-state index contributed by atoms with van der Waals surface area (Å²) >= 11 is 0. The maximum absolute atomic E-state index is 8.97. The molecule has 0 aliphatic heterocycles. The minimum Gasteiger partial charge on any atom is -0.458 e. The van der Waals surface area contributed by atoms with Crippen LogP contribution in [0.5, 0.6) is 0 Å². The van der Waals surface area contributed by atoms with E-state index in [2.05, 4.69) is 19.9 Å². The molecule has 2 rings (SSSR count). The molecule has 0 unspecified atom stereocenters. The van der Waals surface area contributed by atoms with Crippen molar-refractivity contribution in [2.24, 2.45) is 0 Å². The first kappa shape index (κ1) is 9.28. The van der Waals surface area contributed by atoms with Gasteiger partial charge < -0.3 is 9.52 Å². The Kier molecular flexibility index (Phi) is 2.30. The lowest BCUT2D eigenvalue weighted by molar-refractivity contribution is 0.251. The van der Waals surface area contributed by atoms with Crippen molar-refractivity contribution in [2.45, 2.75) is 26.4 Å². The minimum absolute atomic E-state index is 0.0355. The fourth-order valence-electron chi connectivity index (χ4n) is 1.67. The highest BCUT2D eigenvalue weighted by molar-refractivity contribution is 5.81. The van der Waals surface area contributed by atoms with Crippen LogP contribution in [0.2, 0.25) is 0 Å². The largest absolute Gasteiger partial charge is 0.458 e. The number of hydrogen-bond acceptors (Lipinski definition) is 2. The number of aliphatic hydroxyl groups excluding tert-OH is 1. The summed E-state index contributed by atoms with van der Waals surface area (Å²) < 4.78 is 5.56. The normalized spacial score (nSPS) is 11.4. The average Bonchev–Trinajstić information content (AvgIpc) is 2.59. The van der Waals surface area contributed by atoms with E-state index >= 15 is 0 Å². The van der Waals surface area contributed by atoms with Gasteiger partial charge in [0.1, 0.15) is 18.0 Å². The molecule has 0 bridgehead atoms. The Morgan fingerprint density at radius 1 is 1.36 bits per heavy atom. The van der Waals surface area contributed by atoms with E-state index in [-0.39, 0.29) is 6.61 Å². The molecule has 14 heavy (non-hydrogen) atoms. The van der Waals surface area contributed by atoms with Crippen LogP contribution in [0.15, 0.2) is 28.7 Å². The van der Waals surface area contributed by atoms with Crippen LogP contribution >= 0.6 is 0 Å². The second kappa shape index (κ2) is 3.46. The van der Waals surface area contributed by atoms with Crippen LogP contribution in [0.3, 0.4) is 0 Å². The molecule has 1 heterocycles. The third-order valence-corrected chi connectivity index (χ3v) is 2.40. The van der Waals surface area contributed by atoms with Crippen molar-refractivity contribution in [1.29, 1.82) is 0 Å². The maximum atomic E-state index is 8.97. The van der Waals surface area contributed by atoms with Gasteiger partial charge in [-0.25, -0.2) is 0 Å². The van der Waals surface area contributed by atoms with E-state index in [0.29, 0.717) is 11.7 Å². The lowest BCUT2D eigenvalue weighted by Gasteiger charge is -2.04. The molecule has 2 heteroatoms. The SMILES string of the molecule is CC(C)c1cccc2cc(CO)oc12. The van der Waals surface area contributed by atoms with Crippen LogP contribution in [0.4, 0.5) is 0 Å². The van der Waals surface area contributed by atoms with Gasteiger partial charge in [-0.05, 0) is 17.5 Å².